The van der Waals surface area contributed by atoms with Crippen LogP contribution in [0.25, 0.3) is 17.0 Å². The number of rotatable bonds is 0. The molecule has 6 nitrogen and oxygen atoms in total. The third-order valence-electron chi connectivity index (χ3n) is 2.43. The van der Waals surface area contributed by atoms with E-state index in [2.05, 4.69) is 25.4 Å². The van der Waals surface area contributed by atoms with Crippen LogP contribution in [0.3, 0.4) is 0 Å². The molecule has 0 fully saturated rings. The molecule has 0 aliphatic carbocycles. The van der Waals surface area contributed by atoms with Gasteiger partial charge in [-0.15, -0.1) is 10.2 Å². The van der Waals surface area contributed by atoms with Crippen molar-refractivity contribution >= 4 is 28.9 Å². The van der Waals surface area contributed by atoms with Crippen LogP contribution in [0.5, 0.6) is 0 Å². The van der Waals surface area contributed by atoms with Gasteiger partial charge >= 0.3 is 5.69 Å². The van der Waals surface area contributed by atoms with Crippen molar-refractivity contribution in [2.75, 3.05) is 0 Å². The van der Waals surface area contributed by atoms with Gasteiger partial charge in [0.25, 0.3) is 0 Å². The number of hydrogen-bond acceptors (Lipinski definition) is 5. The van der Waals surface area contributed by atoms with E-state index in [1.807, 2.05) is 18.2 Å². The first kappa shape index (κ1) is 9.59. The molecule has 3 rings (SSSR count). The summed E-state index contributed by atoms with van der Waals surface area (Å²) < 4.78 is 0. The predicted octanol–water partition coefficient (Wildman–Crippen LogP) is 2.02. The van der Waals surface area contributed by atoms with Gasteiger partial charge in [0.15, 0.2) is 0 Å². The highest BCUT2D eigenvalue weighted by Gasteiger charge is 2.06. The fourth-order valence-corrected chi connectivity index (χ4v) is 1.68. The highest BCUT2D eigenvalue weighted by molar-refractivity contribution is 5.94. The Hall–Kier alpha value is -2.63. The van der Waals surface area contributed by atoms with Gasteiger partial charge in [-0.05, 0) is 29.5 Å². The Kier molecular flexibility index (Phi) is 2.11. The standard InChI is InChI=1S/C11H7N5O/c17-11-12-6-7-3-4-9-8(10(7)14-11)2-1-5-13-16-15-9/h1-6H,(H,12,14,17). The van der Waals surface area contributed by atoms with Gasteiger partial charge in [0.2, 0.25) is 0 Å². The lowest BCUT2D eigenvalue weighted by Gasteiger charge is -2.04. The van der Waals surface area contributed by atoms with E-state index in [-0.39, 0.29) is 5.69 Å². The number of nitrogens with zero attached hydrogens (tertiary/aromatic N) is 4. The van der Waals surface area contributed by atoms with Crippen LogP contribution in [0.15, 0.2) is 44.6 Å². The molecule has 2 aromatic rings. The smallest absolute Gasteiger partial charge is 0.305 e. The molecule has 1 N–H and O–H groups in total. The summed E-state index contributed by atoms with van der Waals surface area (Å²) in [6, 6.07) is 3.64. The second-order valence-electron chi connectivity index (χ2n) is 3.46. The van der Waals surface area contributed by atoms with Crippen molar-refractivity contribution < 1.29 is 0 Å². The molecule has 1 aromatic heterocycles. The summed E-state index contributed by atoms with van der Waals surface area (Å²) in [5.74, 6) is 0. The molecular formula is C11H7N5O. The Morgan fingerprint density at radius 1 is 1.24 bits per heavy atom. The lowest BCUT2D eigenvalue weighted by atomic mass is 10.1. The molecule has 0 radical (unpaired) electrons. The van der Waals surface area contributed by atoms with Gasteiger partial charge in [0.1, 0.15) is 0 Å². The van der Waals surface area contributed by atoms with Gasteiger partial charge in [0, 0.05) is 17.1 Å². The Labute approximate surface area is 95.4 Å². The number of aromatic nitrogens is 2. The van der Waals surface area contributed by atoms with Crippen molar-refractivity contribution in [3.05, 3.63) is 40.5 Å². The zero-order chi connectivity index (χ0) is 11.7. The van der Waals surface area contributed by atoms with Crippen LogP contribution in [-0.4, -0.2) is 16.2 Å². The van der Waals surface area contributed by atoms with Crippen molar-refractivity contribution in [3.8, 4) is 0 Å². The molecular weight excluding hydrogens is 218 g/mol. The lowest BCUT2D eigenvalue weighted by molar-refractivity contribution is 1.06. The minimum absolute atomic E-state index is 0.382. The summed E-state index contributed by atoms with van der Waals surface area (Å²) in [5, 5.41) is 12.1. The van der Waals surface area contributed by atoms with Gasteiger partial charge in [0.05, 0.1) is 17.4 Å². The van der Waals surface area contributed by atoms with Gasteiger partial charge < -0.3 is 4.98 Å². The number of fused-ring (bicyclic) bond motifs is 3. The minimum atomic E-state index is -0.382. The first-order valence-electron chi connectivity index (χ1n) is 4.97. The Morgan fingerprint density at radius 3 is 3.12 bits per heavy atom. The van der Waals surface area contributed by atoms with Crippen LogP contribution < -0.4 is 5.69 Å². The fourth-order valence-electron chi connectivity index (χ4n) is 1.68. The number of allylic oxidation sites excluding steroid dienone is 1. The molecule has 1 aliphatic rings. The number of H-pyrrole nitrogens is 1. The molecule has 82 valence electrons. The topological polar surface area (TPSA) is 82.8 Å². The maximum atomic E-state index is 11.3. The third-order valence-corrected chi connectivity index (χ3v) is 2.43. The van der Waals surface area contributed by atoms with Gasteiger partial charge in [-0.1, -0.05) is 0 Å². The van der Waals surface area contributed by atoms with Crippen LogP contribution in [0.1, 0.15) is 5.56 Å². The Balaban J connectivity index is 2.42. The van der Waals surface area contributed by atoms with Gasteiger partial charge in [-0.25, -0.2) is 9.78 Å². The summed E-state index contributed by atoms with van der Waals surface area (Å²) in [4.78, 5) is 17.6. The Bertz CT molecular complexity index is 726. The summed E-state index contributed by atoms with van der Waals surface area (Å²) in [7, 11) is 0. The molecule has 17 heavy (non-hydrogen) atoms. The molecule has 2 heterocycles. The molecule has 0 saturated carbocycles. The SMILES string of the molecule is O=c1ncc2ccc3c(c2[nH]1)C=CC=NN=N3. The second-order valence-corrected chi connectivity index (χ2v) is 3.46. The van der Waals surface area contributed by atoms with E-state index in [1.54, 1.807) is 6.08 Å². The fraction of sp³-hybridized carbons (Fsp3) is 0. The average Bonchev–Trinajstić information content (AvgIpc) is 2.29. The van der Waals surface area contributed by atoms with Crippen molar-refractivity contribution in [3.63, 3.8) is 0 Å². The van der Waals surface area contributed by atoms with Crippen LogP contribution in [0.2, 0.25) is 0 Å². The summed E-state index contributed by atoms with van der Waals surface area (Å²) in [5.41, 5.74) is 1.78. The summed E-state index contributed by atoms with van der Waals surface area (Å²) in [6.45, 7) is 0. The number of benzene rings is 1. The molecule has 6 heteroatoms. The predicted molar refractivity (Wildman–Crippen MR) is 64.4 cm³/mol. The minimum Gasteiger partial charge on any atom is -0.305 e. The van der Waals surface area contributed by atoms with Crippen LogP contribution in [-0.2, 0) is 0 Å². The van der Waals surface area contributed by atoms with E-state index in [0.717, 1.165) is 10.9 Å². The van der Waals surface area contributed by atoms with E-state index in [9.17, 15) is 4.79 Å². The summed E-state index contributed by atoms with van der Waals surface area (Å²) in [6.07, 6.45) is 6.64. The monoisotopic (exact) mass is 225 g/mol. The largest absolute Gasteiger partial charge is 0.345 e. The van der Waals surface area contributed by atoms with E-state index in [1.165, 1.54) is 12.4 Å². The highest BCUT2D eigenvalue weighted by atomic mass is 16.1. The molecule has 1 aromatic carbocycles. The Morgan fingerprint density at radius 2 is 2.18 bits per heavy atom. The molecule has 1 aliphatic heterocycles. The number of hydrogen-bond donors (Lipinski definition) is 1. The normalized spacial score (nSPS) is 13.4. The van der Waals surface area contributed by atoms with Crippen LogP contribution in [0.4, 0.5) is 5.69 Å². The first-order chi connectivity index (χ1) is 8.34. The maximum absolute atomic E-state index is 11.3. The van der Waals surface area contributed by atoms with Crippen molar-refractivity contribution in [1.29, 1.82) is 0 Å². The molecule has 0 amide bonds. The highest BCUT2D eigenvalue weighted by Crippen LogP contribution is 2.28. The molecule has 0 spiro atoms. The van der Waals surface area contributed by atoms with Gasteiger partial charge in [-0.2, -0.15) is 0 Å². The molecule has 0 unspecified atom stereocenters. The van der Waals surface area contributed by atoms with Crippen molar-refractivity contribution in [1.82, 2.24) is 9.97 Å². The average molecular weight is 225 g/mol. The maximum Gasteiger partial charge on any atom is 0.345 e. The molecule has 0 saturated heterocycles. The van der Waals surface area contributed by atoms with Gasteiger partial charge in [-0.3, -0.25) is 0 Å². The number of aromatic amines is 1. The van der Waals surface area contributed by atoms with E-state index in [0.29, 0.717) is 11.2 Å². The van der Waals surface area contributed by atoms with E-state index < -0.39 is 0 Å². The second kappa shape index (κ2) is 3.75. The van der Waals surface area contributed by atoms with E-state index in [4.69, 9.17) is 0 Å². The third kappa shape index (κ3) is 1.65. The summed E-state index contributed by atoms with van der Waals surface area (Å²) >= 11 is 0. The van der Waals surface area contributed by atoms with Crippen LogP contribution >= 0.6 is 0 Å². The zero-order valence-electron chi connectivity index (χ0n) is 8.66. The quantitative estimate of drug-likeness (QED) is 0.743. The first-order valence-corrected chi connectivity index (χ1v) is 4.97. The van der Waals surface area contributed by atoms with E-state index >= 15 is 0 Å². The number of nitrogens with one attached hydrogen (secondary N) is 1. The zero-order valence-corrected chi connectivity index (χ0v) is 8.66. The molecule has 0 bridgehead atoms. The van der Waals surface area contributed by atoms with Crippen LogP contribution in [0, 0.1) is 0 Å². The van der Waals surface area contributed by atoms with Crippen molar-refractivity contribution in [2.24, 2.45) is 15.4 Å². The molecule has 0 atom stereocenters. The van der Waals surface area contributed by atoms with Crippen molar-refractivity contribution in [2.45, 2.75) is 0 Å². The lowest BCUT2D eigenvalue weighted by Crippen LogP contribution is -2.09.